The van der Waals surface area contributed by atoms with Crippen molar-refractivity contribution in [3.63, 3.8) is 0 Å². The fourth-order valence-corrected chi connectivity index (χ4v) is 4.99. The number of nitrogens with zero attached hydrogens (tertiary/aromatic N) is 6. The summed E-state index contributed by atoms with van der Waals surface area (Å²) < 4.78 is 54.5. The highest BCUT2D eigenvalue weighted by Crippen LogP contribution is 2.28. The minimum atomic E-state index is -2.89. The van der Waals surface area contributed by atoms with E-state index in [2.05, 4.69) is 57.4 Å². The minimum Gasteiger partial charge on any atom is -0.494 e. The molecular formula is C29H32F3N7O3. The maximum atomic E-state index is 15.3. The lowest BCUT2D eigenvalue weighted by atomic mass is 10.1. The van der Waals surface area contributed by atoms with E-state index in [1.807, 2.05) is 0 Å². The number of methoxy groups -OCH3 is 2. The lowest BCUT2D eigenvalue weighted by Crippen LogP contribution is -2.25. The van der Waals surface area contributed by atoms with Crippen molar-refractivity contribution >= 4 is 5.91 Å². The first-order chi connectivity index (χ1) is 20.2. The fourth-order valence-electron chi connectivity index (χ4n) is 4.99. The number of alkyl halides is 2. The van der Waals surface area contributed by atoms with E-state index in [0.29, 0.717) is 18.3 Å². The predicted molar refractivity (Wildman–Crippen MR) is 147 cm³/mol. The van der Waals surface area contributed by atoms with Gasteiger partial charge in [-0.3, -0.25) is 14.4 Å². The van der Waals surface area contributed by atoms with Crippen molar-refractivity contribution in [1.29, 1.82) is 0 Å². The summed E-state index contributed by atoms with van der Waals surface area (Å²) in [4.78, 5) is 19.3. The summed E-state index contributed by atoms with van der Waals surface area (Å²) in [5.41, 5.74) is 4.47. The van der Waals surface area contributed by atoms with Gasteiger partial charge in [-0.15, -0.1) is 5.10 Å². The second-order valence-electron chi connectivity index (χ2n) is 10.3. The molecule has 0 unspecified atom stereocenters. The first kappa shape index (κ1) is 29.3. The Morgan fingerprint density at radius 3 is 2.57 bits per heavy atom. The molecule has 0 saturated carbocycles. The van der Waals surface area contributed by atoms with Crippen LogP contribution in [-0.4, -0.2) is 55.6 Å². The summed E-state index contributed by atoms with van der Waals surface area (Å²) in [5, 5.41) is 11.0. The highest BCUT2D eigenvalue weighted by atomic mass is 19.3. The van der Waals surface area contributed by atoms with Crippen molar-refractivity contribution in [3.8, 4) is 11.4 Å². The molecule has 0 atom stereocenters. The van der Waals surface area contributed by atoms with Gasteiger partial charge in [0.25, 0.3) is 12.3 Å². The first-order valence-corrected chi connectivity index (χ1v) is 13.4. The third-order valence-corrected chi connectivity index (χ3v) is 7.24. The number of ether oxygens (including phenoxy) is 2. The third kappa shape index (κ3) is 6.02. The molecule has 42 heavy (non-hydrogen) atoms. The quantitative estimate of drug-likeness (QED) is 0.280. The van der Waals surface area contributed by atoms with Gasteiger partial charge in [0.15, 0.2) is 11.6 Å². The maximum Gasteiger partial charge on any atom is 0.299 e. The average molecular weight is 584 g/mol. The Bertz CT molecular complexity index is 1580. The van der Waals surface area contributed by atoms with E-state index in [4.69, 9.17) is 9.47 Å². The van der Waals surface area contributed by atoms with Gasteiger partial charge in [-0.05, 0) is 42.7 Å². The Kier molecular flexibility index (Phi) is 8.59. The molecule has 0 fully saturated rings. The molecule has 5 rings (SSSR count). The number of hydrogen-bond donors (Lipinski definition) is 1. The number of carbonyl (C=O) groups is 1. The summed E-state index contributed by atoms with van der Waals surface area (Å²) in [6.07, 6.45) is -0.194. The van der Waals surface area contributed by atoms with Crippen LogP contribution < -0.4 is 10.1 Å². The van der Waals surface area contributed by atoms with Crippen LogP contribution in [0.1, 0.15) is 64.4 Å². The van der Waals surface area contributed by atoms with Crippen LogP contribution in [0.15, 0.2) is 42.9 Å². The molecule has 13 heteroatoms. The van der Waals surface area contributed by atoms with Crippen LogP contribution >= 0.6 is 0 Å². The summed E-state index contributed by atoms with van der Waals surface area (Å²) in [6.45, 7) is 6.45. The standard InChI is InChI=1S/C29H32F3N7O3/c1-17(2)37-12-19-6-5-18(9-20(19)13-37)11-38-14-22(23(35-38)15-41-3)29(40)33-10-21-24(7-8-25(42-4)26(21)30)39-16-34-28(36-39)27(31)32/h5-9,14,16-17,27H,10-13,15H2,1-4H3,(H,33,40). The number of benzene rings is 2. The lowest BCUT2D eigenvalue weighted by Gasteiger charge is -2.18. The van der Waals surface area contributed by atoms with Gasteiger partial charge in [0.05, 0.1) is 31.5 Å². The minimum absolute atomic E-state index is 0.0114. The molecule has 4 aromatic rings. The summed E-state index contributed by atoms with van der Waals surface area (Å²) in [5.74, 6) is -2.03. The Labute approximate surface area is 241 Å². The number of carbonyl (C=O) groups excluding carboxylic acids is 1. The predicted octanol–water partition coefficient (Wildman–Crippen LogP) is 4.40. The zero-order valence-electron chi connectivity index (χ0n) is 23.8. The Morgan fingerprint density at radius 2 is 1.88 bits per heavy atom. The molecule has 1 aliphatic heterocycles. The van der Waals surface area contributed by atoms with Crippen LogP contribution in [0, 0.1) is 5.82 Å². The van der Waals surface area contributed by atoms with Crippen LogP contribution in [0.2, 0.25) is 0 Å². The molecule has 3 heterocycles. The van der Waals surface area contributed by atoms with Gasteiger partial charge in [-0.1, -0.05) is 18.2 Å². The third-order valence-electron chi connectivity index (χ3n) is 7.24. The number of aromatic nitrogens is 5. The van der Waals surface area contributed by atoms with E-state index in [0.717, 1.165) is 29.7 Å². The van der Waals surface area contributed by atoms with E-state index in [1.54, 1.807) is 10.9 Å². The van der Waals surface area contributed by atoms with Gasteiger partial charge in [-0.25, -0.2) is 22.8 Å². The number of amides is 1. The van der Waals surface area contributed by atoms with Gasteiger partial charge in [0.2, 0.25) is 5.82 Å². The molecule has 0 bridgehead atoms. The van der Waals surface area contributed by atoms with Crippen LogP contribution in [-0.2, 0) is 37.5 Å². The summed E-state index contributed by atoms with van der Waals surface area (Å²) in [6, 6.07) is 9.64. The molecule has 0 radical (unpaired) electrons. The van der Waals surface area contributed by atoms with Gasteiger partial charge < -0.3 is 14.8 Å². The summed E-state index contributed by atoms with van der Waals surface area (Å²) in [7, 11) is 2.81. The van der Waals surface area contributed by atoms with Crippen molar-refractivity contribution in [1.82, 2.24) is 34.8 Å². The number of rotatable bonds is 11. The Hall–Kier alpha value is -4.23. The van der Waals surface area contributed by atoms with Gasteiger partial charge >= 0.3 is 0 Å². The molecule has 0 aliphatic carbocycles. The second kappa shape index (κ2) is 12.3. The van der Waals surface area contributed by atoms with Gasteiger partial charge in [0.1, 0.15) is 12.0 Å². The second-order valence-corrected chi connectivity index (χ2v) is 10.3. The molecule has 1 N–H and O–H groups in total. The average Bonchev–Trinajstić information content (AvgIpc) is 3.71. The monoisotopic (exact) mass is 583 g/mol. The molecule has 1 aliphatic rings. The van der Waals surface area contributed by atoms with Crippen molar-refractivity contribution in [2.75, 3.05) is 14.2 Å². The van der Waals surface area contributed by atoms with Crippen molar-refractivity contribution < 1.29 is 27.4 Å². The number of halogens is 3. The lowest BCUT2D eigenvalue weighted by molar-refractivity contribution is 0.0945. The van der Waals surface area contributed by atoms with Gasteiger partial charge in [0, 0.05) is 44.5 Å². The van der Waals surface area contributed by atoms with Crippen molar-refractivity contribution in [3.05, 3.63) is 88.0 Å². The zero-order valence-corrected chi connectivity index (χ0v) is 23.8. The van der Waals surface area contributed by atoms with Gasteiger partial charge in [-0.2, -0.15) is 5.10 Å². The van der Waals surface area contributed by atoms with E-state index in [-0.39, 0.29) is 35.7 Å². The molecule has 0 saturated heterocycles. The van der Waals surface area contributed by atoms with E-state index < -0.39 is 24.0 Å². The van der Waals surface area contributed by atoms with Crippen LogP contribution in [0.3, 0.4) is 0 Å². The zero-order chi connectivity index (χ0) is 30.0. The molecule has 2 aromatic heterocycles. The Morgan fingerprint density at radius 1 is 1.10 bits per heavy atom. The summed E-state index contributed by atoms with van der Waals surface area (Å²) >= 11 is 0. The SMILES string of the molecule is COCc1nn(Cc2ccc3c(c2)CN(C(C)C)C3)cc1C(=O)NCc1c(-n2cnc(C(F)F)n2)ccc(OC)c1F. The molecule has 222 valence electrons. The smallest absolute Gasteiger partial charge is 0.299 e. The maximum absolute atomic E-state index is 15.3. The first-order valence-electron chi connectivity index (χ1n) is 13.4. The van der Waals surface area contributed by atoms with Crippen LogP contribution in [0.4, 0.5) is 13.2 Å². The van der Waals surface area contributed by atoms with Crippen molar-refractivity contribution in [2.24, 2.45) is 0 Å². The van der Waals surface area contributed by atoms with Crippen LogP contribution in [0.5, 0.6) is 5.75 Å². The van der Waals surface area contributed by atoms with E-state index >= 15 is 4.39 Å². The largest absolute Gasteiger partial charge is 0.494 e. The molecule has 2 aromatic carbocycles. The molecule has 10 nitrogen and oxygen atoms in total. The van der Waals surface area contributed by atoms with Crippen molar-refractivity contribution in [2.45, 2.75) is 59.1 Å². The van der Waals surface area contributed by atoms with Crippen LogP contribution in [0.25, 0.3) is 5.69 Å². The van der Waals surface area contributed by atoms with E-state index in [1.165, 1.54) is 37.5 Å². The number of nitrogens with one attached hydrogen (secondary N) is 1. The fraction of sp³-hybridized carbons (Fsp3) is 0.379. The normalized spacial score (nSPS) is 13.3. The molecular weight excluding hydrogens is 551 g/mol. The number of hydrogen-bond acceptors (Lipinski definition) is 7. The molecule has 0 spiro atoms. The number of fused-ring (bicyclic) bond motifs is 1. The highest BCUT2D eigenvalue weighted by Gasteiger charge is 2.23. The molecule has 1 amide bonds. The van der Waals surface area contributed by atoms with E-state index in [9.17, 15) is 13.6 Å². The highest BCUT2D eigenvalue weighted by molar-refractivity contribution is 5.95. The Balaban J connectivity index is 1.36. The topological polar surface area (TPSA) is 99.3 Å².